The number of rotatable bonds is 6. The van der Waals surface area contributed by atoms with Gasteiger partial charge in [0.05, 0.1) is 31.7 Å². The SMILES string of the molecule is COc1cccc(C(=O)[C@@H]2[C@H](C(=O)c3ccccc3OC)[C@@]3(C(=O)Nc4ccccc43)[C@@H]3c4ccccc4C=CN23)c1. The Balaban J connectivity index is 1.54. The number of carbonyl (C=O) groups excluding carboxylic acids is 3. The summed E-state index contributed by atoms with van der Waals surface area (Å²) in [7, 11) is 3.05. The molecule has 1 saturated heterocycles. The number of anilines is 1. The van der Waals surface area contributed by atoms with Crippen LogP contribution in [0.1, 0.15) is 43.4 Å². The Hall–Kier alpha value is -5.17. The molecule has 3 heterocycles. The maximum atomic E-state index is 15.0. The fraction of sp³-hybridized carbons (Fsp3) is 0.171. The molecule has 7 heteroatoms. The fourth-order valence-corrected chi connectivity index (χ4v) is 7.13. The number of methoxy groups -OCH3 is 2. The number of carbonyl (C=O) groups is 3. The van der Waals surface area contributed by atoms with Crippen LogP contribution in [0, 0.1) is 5.92 Å². The molecule has 0 unspecified atom stereocenters. The summed E-state index contributed by atoms with van der Waals surface area (Å²) in [6.07, 6.45) is 3.81. The minimum atomic E-state index is -1.41. The summed E-state index contributed by atoms with van der Waals surface area (Å²) >= 11 is 0. The van der Waals surface area contributed by atoms with Gasteiger partial charge in [-0.1, -0.05) is 66.7 Å². The number of hydrogen-bond acceptors (Lipinski definition) is 6. The van der Waals surface area contributed by atoms with Gasteiger partial charge >= 0.3 is 0 Å². The summed E-state index contributed by atoms with van der Waals surface area (Å²) in [5.74, 6) is -1.08. The molecule has 1 N–H and O–H groups in total. The van der Waals surface area contributed by atoms with E-state index < -0.39 is 23.4 Å². The van der Waals surface area contributed by atoms with Crippen LogP contribution in [0.25, 0.3) is 6.08 Å². The number of nitrogens with zero attached hydrogens (tertiary/aromatic N) is 1. The molecule has 208 valence electrons. The van der Waals surface area contributed by atoms with Crippen LogP contribution >= 0.6 is 0 Å². The van der Waals surface area contributed by atoms with Gasteiger partial charge in [-0.15, -0.1) is 0 Å². The van der Waals surface area contributed by atoms with E-state index in [4.69, 9.17) is 9.47 Å². The zero-order valence-corrected chi connectivity index (χ0v) is 23.1. The third kappa shape index (κ3) is 3.49. The topological polar surface area (TPSA) is 84.9 Å². The second-order valence-corrected chi connectivity index (χ2v) is 10.7. The molecule has 0 aromatic heterocycles. The molecule has 1 amide bonds. The van der Waals surface area contributed by atoms with Gasteiger partial charge in [-0.05, 0) is 53.1 Å². The molecule has 4 aromatic carbocycles. The zero-order chi connectivity index (χ0) is 29.0. The minimum absolute atomic E-state index is 0.273. The molecule has 3 aliphatic rings. The monoisotopic (exact) mass is 556 g/mol. The van der Waals surface area contributed by atoms with Crippen LogP contribution in [0.15, 0.2) is 103 Å². The predicted molar refractivity (Wildman–Crippen MR) is 159 cm³/mol. The Labute approximate surface area is 243 Å². The molecule has 4 aromatic rings. The summed E-state index contributed by atoms with van der Waals surface area (Å²) in [6, 6.07) is 27.6. The van der Waals surface area contributed by atoms with E-state index >= 15 is 0 Å². The maximum Gasteiger partial charge on any atom is 0.238 e. The number of ether oxygens (including phenoxy) is 2. The smallest absolute Gasteiger partial charge is 0.238 e. The highest BCUT2D eigenvalue weighted by atomic mass is 16.5. The molecule has 7 nitrogen and oxygen atoms in total. The van der Waals surface area contributed by atoms with E-state index in [1.165, 1.54) is 7.11 Å². The number of ketones is 2. The Bertz CT molecular complexity index is 1800. The number of hydrogen-bond donors (Lipinski definition) is 1. The second kappa shape index (κ2) is 9.73. The van der Waals surface area contributed by atoms with Crippen LogP contribution in [0.5, 0.6) is 11.5 Å². The average Bonchev–Trinajstić information content (AvgIpc) is 3.52. The molecule has 0 saturated carbocycles. The van der Waals surface area contributed by atoms with E-state index in [9.17, 15) is 14.4 Å². The highest BCUT2D eigenvalue weighted by Gasteiger charge is 2.70. The van der Waals surface area contributed by atoms with E-state index in [1.54, 1.807) is 55.6 Å². The summed E-state index contributed by atoms with van der Waals surface area (Å²) in [5, 5.41) is 3.07. The lowest BCUT2D eigenvalue weighted by Crippen LogP contribution is -2.49. The average molecular weight is 557 g/mol. The van der Waals surface area contributed by atoms with Crippen LogP contribution in [0.4, 0.5) is 5.69 Å². The first kappa shape index (κ1) is 25.8. The quantitative estimate of drug-likeness (QED) is 0.308. The second-order valence-electron chi connectivity index (χ2n) is 10.7. The van der Waals surface area contributed by atoms with Crippen molar-refractivity contribution in [2.45, 2.75) is 17.5 Å². The van der Waals surface area contributed by atoms with E-state index in [2.05, 4.69) is 5.32 Å². The Morgan fingerprint density at radius 2 is 1.60 bits per heavy atom. The Morgan fingerprint density at radius 3 is 2.43 bits per heavy atom. The predicted octanol–water partition coefficient (Wildman–Crippen LogP) is 5.69. The van der Waals surface area contributed by atoms with Crippen LogP contribution < -0.4 is 14.8 Å². The molecule has 3 aliphatic heterocycles. The van der Waals surface area contributed by atoms with Crippen molar-refractivity contribution in [1.29, 1.82) is 0 Å². The first-order chi connectivity index (χ1) is 20.5. The maximum absolute atomic E-state index is 15.0. The standard InChI is InChI=1S/C35H28N2O5/c1-41-23-12-9-11-22(20-23)31(38)30-29(32(39)25-14-5-8-17-28(25)42-2)35(26-15-6-7-16-27(26)36-34(35)40)33-24-13-4-3-10-21(24)18-19-37(30)33/h3-20,29-30,33H,1-2H3,(H,36,40)/t29-,30+,33+,35-/m1/s1. The van der Waals surface area contributed by atoms with Gasteiger partial charge in [0.2, 0.25) is 5.91 Å². The first-order valence-electron chi connectivity index (χ1n) is 13.8. The largest absolute Gasteiger partial charge is 0.497 e. The normalized spacial score (nSPS) is 23.1. The lowest BCUT2D eigenvalue weighted by atomic mass is 9.62. The van der Waals surface area contributed by atoms with Crippen molar-refractivity contribution in [1.82, 2.24) is 4.90 Å². The van der Waals surface area contributed by atoms with Gasteiger partial charge in [-0.3, -0.25) is 14.4 Å². The Kier molecular flexibility index (Phi) is 5.97. The van der Waals surface area contributed by atoms with Gasteiger partial charge in [0, 0.05) is 17.5 Å². The number of para-hydroxylation sites is 2. The van der Waals surface area contributed by atoms with Crippen LogP contribution in [-0.2, 0) is 10.2 Å². The molecule has 0 bridgehead atoms. The fourth-order valence-electron chi connectivity index (χ4n) is 7.13. The molecular weight excluding hydrogens is 528 g/mol. The third-order valence-corrected chi connectivity index (χ3v) is 8.85. The summed E-state index contributed by atoms with van der Waals surface area (Å²) in [6.45, 7) is 0. The van der Waals surface area contributed by atoms with E-state index in [0.717, 1.165) is 11.1 Å². The van der Waals surface area contributed by atoms with E-state index in [0.29, 0.717) is 33.9 Å². The van der Waals surface area contributed by atoms with E-state index in [-0.39, 0.29) is 17.5 Å². The van der Waals surface area contributed by atoms with Crippen molar-refractivity contribution < 1.29 is 23.9 Å². The van der Waals surface area contributed by atoms with Gasteiger partial charge in [0.25, 0.3) is 0 Å². The van der Waals surface area contributed by atoms with Crippen molar-refractivity contribution in [3.05, 3.63) is 131 Å². The highest BCUT2D eigenvalue weighted by Crippen LogP contribution is 2.62. The molecule has 7 rings (SSSR count). The zero-order valence-electron chi connectivity index (χ0n) is 23.1. The van der Waals surface area contributed by atoms with Crippen LogP contribution in [-0.4, -0.2) is 42.6 Å². The van der Waals surface area contributed by atoms with Crippen LogP contribution in [0.2, 0.25) is 0 Å². The van der Waals surface area contributed by atoms with Gasteiger partial charge in [-0.25, -0.2) is 0 Å². The Morgan fingerprint density at radius 1 is 0.833 bits per heavy atom. The minimum Gasteiger partial charge on any atom is -0.497 e. The summed E-state index contributed by atoms with van der Waals surface area (Å²) < 4.78 is 11.0. The summed E-state index contributed by atoms with van der Waals surface area (Å²) in [5.41, 5.74) is 2.47. The highest BCUT2D eigenvalue weighted by molar-refractivity contribution is 6.17. The van der Waals surface area contributed by atoms with Gasteiger partial charge in [-0.2, -0.15) is 0 Å². The van der Waals surface area contributed by atoms with Gasteiger partial charge in [0.1, 0.15) is 23.0 Å². The molecule has 4 atom stereocenters. The van der Waals surface area contributed by atoms with Crippen LogP contribution in [0.3, 0.4) is 0 Å². The molecule has 0 aliphatic carbocycles. The number of amides is 1. The third-order valence-electron chi connectivity index (χ3n) is 8.85. The lowest BCUT2D eigenvalue weighted by Gasteiger charge is -2.38. The van der Waals surface area contributed by atoms with Crippen molar-refractivity contribution >= 4 is 29.2 Å². The first-order valence-corrected chi connectivity index (χ1v) is 13.8. The van der Waals surface area contributed by atoms with Gasteiger partial charge in [0.15, 0.2) is 11.6 Å². The molecule has 1 fully saturated rings. The number of nitrogens with one attached hydrogen (secondary N) is 1. The molecule has 0 radical (unpaired) electrons. The van der Waals surface area contributed by atoms with Crippen molar-refractivity contribution in [2.24, 2.45) is 5.92 Å². The number of Topliss-reactive ketones (excluding diaryl/α,β-unsaturated/α-hetero) is 2. The van der Waals surface area contributed by atoms with E-state index in [1.807, 2.05) is 65.7 Å². The molecule has 42 heavy (non-hydrogen) atoms. The van der Waals surface area contributed by atoms with Gasteiger partial charge < -0.3 is 19.7 Å². The summed E-state index contributed by atoms with van der Waals surface area (Å²) in [4.78, 5) is 46.1. The van der Waals surface area contributed by atoms with Crippen molar-refractivity contribution in [3.63, 3.8) is 0 Å². The van der Waals surface area contributed by atoms with Crippen molar-refractivity contribution in [2.75, 3.05) is 19.5 Å². The van der Waals surface area contributed by atoms with Crippen molar-refractivity contribution in [3.8, 4) is 11.5 Å². The number of fused-ring (bicyclic) bond motifs is 6. The lowest BCUT2D eigenvalue weighted by molar-refractivity contribution is -0.122. The molecular formula is C35H28N2O5. The number of benzene rings is 4. The molecule has 1 spiro atoms.